The van der Waals surface area contributed by atoms with Gasteiger partial charge < -0.3 is 9.67 Å². The Morgan fingerprint density at radius 1 is 1.21 bits per heavy atom. The zero-order valence-electron chi connectivity index (χ0n) is 9.73. The molecule has 0 radical (unpaired) electrons. The standard InChI is InChI=1S/C13H11BrF3NO/c14-11-4-2-1-3-9(11)7-18-6-5-10(8-18)12(19)13(15,16)17/h1-6,8,12,19H,7H2. The highest BCUT2D eigenvalue weighted by Gasteiger charge is 2.39. The Balaban J connectivity index is 2.16. The van der Waals surface area contributed by atoms with E-state index in [0.717, 1.165) is 10.0 Å². The van der Waals surface area contributed by atoms with Gasteiger partial charge in [0.25, 0.3) is 0 Å². The number of aromatic nitrogens is 1. The SMILES string of the molecule is OC(c1ccn(Cc2ccccc2Br)c1)C(F)(F)F. The maximum atomic E-state index is 12.4. The largest absolute Gasteiger partial charge is 0.418 e. The van der Waals surface area contributed by atoms with Crippen LogP contribution in [0.25, 0.3) is 0 Å². The molecule has 0 aliphatic rings. The van der Waals surface area contributed by atoms with Crippen LogP contribution in [0.5, 0.6) is 0 Å². The van der Waals surface area contributed by atoms with E-state index in [2.05, 4.69) is 15.9 Å². The molecule has 1 unspecified atom stereocenters. The Hall–Kier alpha value is -1.27. The smallest absolute Gasteiger partial charge is 0.379 e. The second kappa shape index (κ2) is 5.38. The molecule has 0 fully saturated rings. The van der Waals surface area contributed by atoms with Crippen molar-refractivity contribution < 1.29 is 18.3 Å². The molecule has 1 heterocycles. The lowest BCUT2D eigenvalue weighted by molar-refractivity contribution is -0.206. The summed E-state index contributed by atoms with van der Waals surface area (Å²) in [6.07, 6.45) is -4.26. The van der Waals surface area contributed by atoms with Crippen molar-refractivity contribution in [1.29, 1.82) is 0 Å². The molecule has 0 amide bonds. The highest BCUT2D eigenvalue weighted by molar-refractivity contribution is 9.10. The van der Waals surface area contributed by atoms with Gasteiger partial charge in [0, 0.05) is 29.0 Å². The van der Waals surface area contributed by atoms with E-state index in [1.807, 2.05) is 24.3 Å². The minimum absolute atomic E-state index is 0.153. The molecule has 1 aromatic heterocycles. The van der Waals surface area contributed by atoms with Gasteiger partial charge in [-0.15, -0.1) is 0 Å². The maximum Gasteiger partial charge on any atom is 0.418 e. The van der Waals surface area contributed by atoms with Gasteiger partial charge in [0.1, 0.15) is 0 Å². The lowest BCUT2D eigenvalue weighted by Crippen LogP contribution is -2.19. The molecule has 0 aliphatic carbocycles. The van der Waals surface area contributed by atoms with E-state index in [-0.39, 0.29) is 5.56 Å². The normalized spacial score (nSPS) is 13.5. The average molecular weight is 334 g/mol. The van der Waals surface area contributed by atoms with Crippen LogP contribution in [0.2, 0.25) is 0 Å². The fourth-order valence-electron chi connectivity index (χ4n) is 1.73. The molecule has 1 atom stereocenters. The van der Waals surface area contributed by atoms with Gasteiger partial charge in [-0.3, -0.25) is 0 Å². The quantitative estimate of drug-likeness (QED) is 0.905. The molecule has 0 saturated heterocycles. The number of hydrogen-bond acceptors (Lipinski definition) is 1. The summed E-state index contributed by atoms with van der Waals surface area (Å²) >= 11 is 3.38. The van der Waals surface area contributed by atoms with Crippen molar-refractivity contribution in [2.24, 2.45) is 0 Å². The number of aliphatic hydroxyl groups excluding tert-OH is 1. The first-order chi connectivity index (χ1) is 8.88. The van der Waals surface area contributed by atoms with Crippen LogP contribution in [0.15, 0.2) is 47.2 Å². The highest BCUT2D eigenvalue weighted by atomic mass is 79.9. The van der Waals surface area contributed by atoms with E-state index in [0.29, 0.717) is 6.54 Å². The van der Waals surface area contributed by atoms with Crippen molar-refractivity contribution in [3.05, 3.63) is 58.3 Å². The summed E-state index contributed by atoms with van der Waals surface area (Å²) in [6, 6.07) is 8.74. The number of nitrogens with zero attached hydrogens (tertiary/aromatic N) is 1. The van der Waals surface area contributed by atoms with Crippen LogP contribution in [0.1, 0.15) is 17.2 Å². The number of rotatable bonds is 3. The van der Waals surface area contributed by atoms with Crippen LogP contribution in [0, 0.1) is 0 Å². The predicted octanol–water partition coefficient (Wildman–Crippen LogP) is 3.89. The molecule has 2 aromatic rings. The predicted molar refractivity (Wildman–Crippen MR) is 68.7 cm³/mol. The van der Waals surface area contributed by atoms with Gasteiger partial charge in [0.05, 0.1) is 0 Å². The topological polar surface area (TPSA) is 25.2 Å². The molecule has 0 spiro atoms. The van der Waals surface area contributed by atoms with E-state index < -0.39 is 12.3 Å². The number of halogens is 4. The van der Waals surface area contributed by atoms with Gasteiger partial charge in [-0.05, 0) is 17.7 Å². The van der Waals surface area contributed by atoms with Gasteiger partial charge in [-0.2, -0.15) is 13.2 Å². The zero-order chi connectivity index (χ0) is 14.0. The molecule has 2 rings (SSSR count). The van der Waals surface area contributed by atoms with Crippen LogP contribution in [-0.4, -0.2) is 15.8 Å². The van der Waals surface area contributed by atoms with Crippen LogP contribution in [0.4, 0.5) is 13.2 Å². The molecule has 102 valence electrons. The van der Waals surface area contributed by atoms with E-state index >= 15 is 0 Å². The van der Waals surface area contributed by atoms with Crippen molar-refractivity contribution in [1.82, 2.24) is 4.57 Å². The molecule has 0 aliphatic heterocycles. The van der Waals surface area contributed by atoms with Crippen LogP contribution in [0.3, 0.4) is 0 Å². The van der Waals surface area contributed by atoms with E-state index in [9.17, 15) is 13.2 Å². The second-order valence-electron chi connectivity index (χ2n) is 4.15. The molecular weight excluding hydrogens is 323 g/mol. The lowest BCUT2D eigenvalue weighted by atomic mass is 10.2. The summed E-state index contributed by atoms with van der Waals surface area (Å²) in [5.74, 6) is 0. The van der Waals surface area contributed by atoms with Gasteiger partial charge in [-0.1, -0.05) is 34.1 Å². The third-order valence-corrected chi connectivity index (χ3v) is 3.48. The van der Waals surface area contributed by atoms with Gasteiger partial charge in [0.2, 0.25) is 0 Å². The highest BCUT2D eigenvalue weighted by Crippen LogP contribution is 2.32. The minimum Gasteiger partial charge on any atom is -0.379 e. The Morgan fingerprint density at radius 2 is 1.89 bits per heavy atom. The molecule has 1 N–H and O–H groups in total. The fraction of sp³-hybridized carbons (Fsp3) is 0.231. The van der Waals surface area contributed by atoms with Gasteiger partial charge >= 0.3 is 6.18 Å². The summed E-state index contributed by atoms with van der Waals surface area (Å²) in [5.41, 5.74) is 0.797. The van der Waals surface area contributed by atoms with E-state index in [4.69, 9.17) is 5.11 Å². The number of hydrogen-bond donors (Lipinski definition) is 1. The second-order valence-corrected chi connectivity index (χ2v) is 5.01. The monoisotopic (exact) mass is 333 g/mol. The maximum absolute atomic E-state index is 12.4. The number of benzene rings is 1. The summed E-state index contributed by atoms with van der Waals surface area (Å²) in [5, 5.41) is 9.14. The minimum atomic E-state index is -4.64. The lowest BCUT2D eigenvalue weighted by Gasteiger charge is -2.12. The molecule has 0 bridgehead atoms. The third-order valence-electron chi connectivity index (χ3n) is 2.71. The zero-order valence-corrected chi connectivity index (χ0v) is 11.3. The first kappa shape index (κ1) is 14.1. The molecule has 1 aromatic carbocycles. The van der Waals surface area contributed by atoms with Gasteiger partial charge in [-0.25, -0.2) is 0 Å². The summed E-state index contributed by atoms with van der Waals surface area (Å²) < 4.78 is 39.6. The van der Waals surface area contributed by atoms with Crippen LogP contribution >= 0.6 is 15.9 Å². The Kier molecular flexibility index (Phi) is 4.01. The molecular formula is C13H11BrF3NO. The Bertz CT molecular complexity index is 565. The van der Waals surface area contributed by atoms with E-state index in [1.54, 1.807) is 4.57 Å². The molecule has 6 heteroatoms. The summed E-state index contributed by atoms with van der Waals surface area (Å²) in [6.45, 7) is 0.437. The Morgan fingerprint density at radius 3 is 2.53 bits per heavy atom. The molecule has 19 heavy (non-hydrogen) atoms. The third kappa shape index (κ3) is 3.39. The fourth-order valence-corrected chi connectivity index (χ4v) is 2.14. The van der Waals surface area contributed by atoms with Crippen molar-refractivity contribution in [2.45, 2.75) is 18.8 Å². The van der Waals surface area contributed by atoms with Crippen molar-refractivity contribution in [3.63, 3.8) is 0 Å². The number of aliphatic hydroxyl groups is 1. The molecule has 0 saturated carbocycles. The summed E-state index contributed by atoms with van der Waals surface area (Å²) in [7, 11) is 0. The molecule has 2 nitrogen and oxygen atoms in total. The van der Waals surface area contributed by atoms with Crippen molar-refractivity contribution in [2.75, 3.05) is 0 Å². The van der Waals surface area contributed by atoms with Crippen LogP contribution in [-0.2, 0) is 6.54 Å². The first-order valence-corrected chi connectivity index (χ1v) is 6.31. The summed E-state index contributed by atoms with van der Waals surface area (Å²) in [4.78, 5) is 0. The Labute approximate surface area is 116 Å². The number of alkyl halides is 3. The average Bonchev–Trinajstić information content (AvgIpc) is 2.78. The first-order valence-electron chi connectivity index (χ1n) is 5.52. The van der Waals surface area contributed by atoms with Crippen molar-refractivity contribution >= 4 is 15.9 Å². The van der Waals surface area contributed by atoms with Crippen molar-refractivity contribution in [3.8, 4) is 0 Å². The van der Waals surface area contributed by atoms with Crippen LogP contribution < -0.4 is 0 Å². The van der Waals surface area contributed by atoms with E-state index in [1.165, 1.54) is 18.5 Å². The van der Waals surface area contributed by atoms with Gasteiger partial charge in [0.15, 0.2) is 6.10 Å².